The molecule has 0 unspecified atom stereocenters. The summed E-state index contributed by atoms with van der Waals surface area (Å²) < 4.78 is 0. The number of phenols is 1. The van der Waals surface area contributed by atoms with Gasteiger partial charge in [-0.1, -0.05) is 6.07 Å². The van der Waals surface area contributed by atoms with E-state index < -0.39 is 16.6 Å². The normalized spacial score (nSPS) is 10.2. The molecule has 1 aromatic heterocycles. The molecule has 2 N–H and O–H groups in total. The standard InChI is InChI=1S/C15H15N3O4/c1-10-2-3-11(9-17-10)6-7-16-15(20)13-5-4-12(18(21)22)8-14(13)19/h2-5,8-9,19H,6-7H2,1H3,(H,16,20). The smallest absolute Gasteiger partial charge is 0.273 e. The maximum atomic E-state index is 11.9. The van der Waals surface area contributed by atoms with Gasteiger partial charge in [0.15, 0.2) is 0 Å². The Kier molecular flexibility index (Phi) is 4.67. The van der Waals surface area contributed by atoms with E-state index in [-0.39, 0.29) is 11.3 Å². The molecule has 0 saturated heterocycles. The van der Waals surface area contributed by atoms with E-state index in [1.807, 2.05) is 19.1 Å². The van der Waals surface area contributed by atoms with E-state index in [1.54, 1.807) is 6.20 Å². The first-order valence-corrected chi connectivity index (χ1v) is 6.64. The molecule has 2 aromatic rings. The number of non-ortho nitro benzene ring substituents is 1. The minimum Gasteiger partial charge on any atom is -0.507 e. The lowest BCUT2D eigenvalue weighted by atomic mass is 10.1. The van der Waals surface area contributed by atoms with Crippen LogP contribution in [0.3, 0.4) is 0 Å². The summed E-state index contributed by atoms with van der Waals surface area (Å²) in [4.78, 5) is 26.0. The zero-order chi connectivity index (χ0) is 16.1. The summed E-state index contributed by atoms with van der Waals surface area (Å²) in [6.45, 7) is 2.27. The molecule has 7 heteroatoms. The first-order valence-electron chi connectivity index (χ1n) is 6.64. The summed E-state index contributed by atoms with van der Waals surface area (Å²) in [7, 11) is 0. The second kappa shape index (κ2) is 6.66. The number of hydrogen-bond acceptors (Lipinski definition) is 5. The van der Waals surface area contributed by atoms with Gasteiger partial charge < -0.3 is 10.4 Å². The number of amides is 1. The third-order valence-electron chi connectivity index (χ3n) is 3.11. The number of nitro groups is 1. The predicted molar refractivity (Wildman–Crippen MR) is 79.8 cm³/mol. The van der Waals surface area contributed by atoms with Crippen molar-refractivity contribution in [2.45, 2.75) is 13.3 Å². The van der Waals surface area contributed by atoms with Crippen molar-refractivity contribution in [1.29, 1.82) is 0 Å². The van der Waals surface area contributed by atoms with Crippen molar-refractivity contribution in [2.24, 2.45) is 0 Å². The van der Waals surface area contributed by atoms with Crippen molar-refractivity contribution in [3.05, 3.63) is 63.5 Å². The highest BCUT2D eigenvalue weighted by Gasteiger charge is 2.15. The molecule has 0 fully saturated rings. The van der Waals surface area contributed by atoms with Crippen molar-refractivity contribution in [2.75, 3.05) is 6.54 Å². The van der Waals surface area contributed by atoms with Crippen molar-refractivity contribution < 1.29 is 14.8 Å². The number of pyridine rings is 1. The van der Waals surface area contributed by atoms with Crippen molar-refractivity contribution >= 4 is 11.6 Å². The zero-order valence-electron chi connectivity index (χ0n) is 11.9. The van der Waals surface area contributed by atoms with Crippen LogP contribution in [-0.4, -0.2) is 27.5 Å². The van der Waals surface area contributed by atoms with Crippen molar-refractivity contribution in [3.63, 3.8) is 0 Å². The van der Waals surface area contributed by atoms with Gasteiger partial charge in [-0.3, -0.25) is 19.9 Å². The molecule has 0 bridgehead atoms. The molecule has 1 amide bonds. The third-order valence-corrected chi connectivity index (χ3v) is 3.11. The van der Waals surface area contributed by atoms with Gasteiger partial charge in [-0.25, -0.2) is 0 Å². The fourth-order valence-electron chi connectivity index (χ4n) is 1.89. The maximum Gasteiger partial charge on any atom is 0.273 e. The number of hydrogen-bond donors (Lipinski definition) is 2. The van der Waals surface area contributed by atoms with Crippen LogP contribution >= 0.6 is 0 Å². The number of phenolic OH excluding ortho intramolecular Hbond substituents is 1. The van der Waals surface area contributed by atoms with Crippen LogP contribution in [0, 0.1) is 17.0 Å². The molecule has 0 radical (unpaired) electrons. The van der Waals surface area contributed by atoms with Gasteiger partial charge in [-0.05, 0) is 31.0 Å². The van der Waals surface area contributed by atoms with Crippen molar-refractivity contribution in [1.82, 2.24) is 10.3 Å². The monoisotopic (exact) mass is 301 g/mol. The highest BCUT2D eigenvalue weighted by molar-refractivity contribution is 5.97. The summed E-state index contributed by atoms with van der Waals surface area (Å²) in [5, 5.41) is 22.9. The number of aromatic nitrogens is 1. The summed E-state index contributed by atoms with van der Waals surface area (Å²) in [6, 6.07) is 7.19. The number of aromatic hydroxyl groups is 1. The van der Waals surface area contributed by atoms with Gasteiger partial charge in [0.25, 0.3) is 11.6 Å². The molecule has 22 heavy (non-hydrogen) atoms. The minimum absolute atomic E-state index is 0.00707. The molecule has 0 aliphatic carbocycles. The largest absolute Gasteiger partial charge is 0.507 e. The van der Waals surface area contributed by atoms with Gasteiger partial charge in [0.2, 0.25) is 0 Å². The second-order valence-electron chi connectivity index (χ2n) is 4.77. The Labute approximate surface area is 126 Å². The Morgan fingerprint density at radius 2 is 2.14 bits per heavy atom. The molecule has 0 saturated carbocycles. The number of nitro benzene ring substituents is 1. The predicted octanol–water partition coefficient (Wildman–Crippen LogP) is 1.98. The van der Waals surface area contributed by atoms with Crippen LogP contribution in [0.5, 0.6) is 5.75 Å². The van der Waals surface area contributed by atoms with Crippen LogP contribution in [0.1, 0.15) is 21.6 Å². The molecule has 0 aliphatic rings. The van der Waals surface area contributed by atoms with E-state index in [4.69, 9.17) is 0 Å². The molecule has 0 atom stereocenters. The Morgan fingerprint density at radius 1 is 1.36 bits per heavy atom. The number of aryl methyl sites for hydroxylation is 1. The zero-order valence-corrected chi connectivity index (χ0v) is 11.9. The fourth-order valence-corrected chi connectivity index (χ4v) is 1.89. The van der Waals surface area contributed by atoms with Crippen LogP contribution in [-0.2, 0) is 6.42 Å². The average molecular weight is 301 g/mol. The topological polar surface area (TPSA) is 105 Å². The lowest BCUT2D eigenvalue weighted by Gasteiger charge is -2.07. The molecule has 0 aliphatic heterocycles. The Hall–Kier alpha value is -2.96. The minimum atomic E-state index is -0.633. The Balaban J connectivity index is 1.95. The quantitative estimate of drug-likeness (QED) is 0.649. The van der Waals surface area contributed by atoms with Crippen LogP contribution in [0.2, 0.25) is 0 Å². The number of nitrogens with zero attached hydrogens (tertiary/aromatic N) is 2. The van der Waals surface area contributed by atoms with Crippen LogP contribution in [0.4, 0.5) is 5.69 Å². The van der Waals surface area contributed by atoms with E-state index in [0.29, 0.717) is 13.0 Å². The highest BCUT2D eigenvalue weighted by atomic mass is 16.6. The highest BCUT2D eigenvalue weighted by Crippen LogP contribution is 2.23. The number of rotatable bonds is 5. The molecule has 114 valence electrons. The molecular weight excluding hydrogens is 286 g/mol. The molecule has 2 rings (SSSR count). The van der Waals surface area contributed by atoms with E-state index >= 15 is 0 Å². The lowest BCUT2D eigenvalue weighted by molar-refractivity contribution is -0.384. The maximum absolute atomic E-state index is 11.9. The molecule has 7 nitrogen and oxygen atoms in total. The summed E-state index contributed by atoms with van der Waals surface area (Å²) in [5.41, 5.74) is 1.65. The SMILES string of the molecule is Cc1ccc(CCNC(=O)c2ccc([N+](=O)[O-])cc2O)cn1. The van der Waals surface area contributed by atoms with Crippen LogP contribution in [0.15, 0.2) is 36.5 Å². The van der Waals surface area contributed by atoms with Gasteiger partial charge >= 0.3 is 0 Å². The molecule has 1 aromatic carbocycles. The lowest BCUT2D eigenvalue weighted by Crippen LogP contribution is -2.25. The Bertz CT molecular complexity index is 698. The van der Waals surface area contributed by atoms with Crippen LogP contribution in [0.25, 0.3) is 0 Å². The van der Waals surface area contributed by atoms with Gasteiger partial charge in [-0.15, -0.1) is 0 Å². The van der Waals surface area contributed by atoms with E-state index in [1.165, 1.54) is 12.1 Å². The first kappa shape index (κ1) is 15.4. The number of carbonyl (C=O) groups is 1. The molecular formula is C15H15N3O4. The fraction of sp³-hybridized carbons (Fsp3) is 0.200. The van der Waals surface area contributed by atoms with Crippen molar-refractivity contribution in [3.8, 4) is 5.75 Å². The van der Waals surface area contributed by atoms with E-state index in [0.717, 1.165) is 17.3 Å². The summed E-state index contributed by atoms with van der Waals surface area (Å²) in [6.07, 6.45) is 2.34. The number of carbonyl (C=O) groups excluding carboxylic acids is 1. The molecule has 1 heterocycles. The Morgan fingerprint density at radius 3 is 2.73 bits per heavy atom. The van der Waals surface area contributed by atoms with E-state index in [9.17, 15) is 20.0 Å². The van der Waals surface area contributed by atoms with Gasteiger partial charge in [-0.2, -0.15) is 0 Å². The molecule has 0 spiro atoms. The number of benzene rings is 1. The summed E-state index contributed by atoms with van der Waals surface area (Å²) in [5.74, 6) is -0.892. The average Bonchev–Trinajstić information content (AvgIpc) is 2.49. The second-order valence-corrected chi connectivity index (χ2v) is 4.77. The van der Waals surface area contributed by atoms with Crippen LogP contribution < -0.4 is 5.32 Å². The third kappa shape index (κ3) is 3.78. The van der Waals surface area contributed by atoms with Gasteiger partial charge in [0.1, 0.15) is 5.75 Å². The first-order chi connectivity index (χ1) is 10.5. The summed E-state index contributed by atoms with van der Waals surface area (Å²) >= 11 is 0. The number of nitrogens with one attached hydrogen (secondary N) is 1. The van der Waals surface area contributed by atoms with Gasteiger partial charge in [0, 0.05) is 24.5 Å². The van der Waals surface area contributed by atoms with E-state index in [2.05, 4.69) is 10.3 Å². The van der Waals surface area contributed by atoms with Gasteiger partial charge in [0.05, 0.1) is 16.6 Å².